The molecule has 0 aromatic heterocycles. The second-order valence-corrected chi connectivity index (χ2v) is 10.5. The molecule has 2 aromatic carbocycles. The maximum Gasteiger partial charge on any atom is 0.306 e. The Bertz CT molecular complexity index is 1270. The van der Waals surface area contributed by atoms with Crippen LogP contribution in [0.25, 0.3) is 0 Å². The van der Waals surface area contributed by atoms with Crippen molar-refractivity contribution in [2.24, 2.45) is 11.8 Å². The Morgan fingerprint density at radius 2 is 1.66 bits per heavy atom. The number of carbonyl (C=O) groups is 6. The van der Waals surface area contributed by atoms with Crippen LogP contribution in [-0.2, 0) is 41.6 Å². The third kappa shape index (κ3) is 9.37. The number of Topliss-reactive ketones (excluding diaryl/α,β-unsaturated/α-hetero) is 2. The summed E-state index contributed by atoms with van der Waals surface area (Å²) in [4.78, 5) is 74.9. The van der Waals surface area contributed by atoms with E-state index < -0.39 is 54.7 Å². The highest BCUT2D eigenvalue weighted by Gasteiger charge is 2.32. The molecule has 0 radical (unpaired) electrons. The molecule has 3 unspecified atom stereocenters. The fourth-order valence-electron chi connectivity index (χ4n) is 4.73. The van der Waals surface area contributed by atoms with E-state index in [9.17, 15) is 33.9 Å². The van der Waals surface area contributed by atoms with Gasteiger partial charge in [-0.15, -0.1) is 0 Å². The van der Waals surface area contributed by atoms with E-state index >= 15 is 0 Å². The van der Waals surface area contributed by atoms with Gasteiger partial charge in [0.25, 0.3) is 0 Å². The number of nitrogens with one attached hydrogen (secondary N) is 2. The van der Waals surface area contributed by atoms with Crippen LogP contribution in [0, 0.1) is 11.8 Å². The van der Waals surface area contributed by atoms with Gasteiger partial charge < -0.3 is 20.5 Å². The molecule has 0 heterocycles. The molecular weight excluding hydrogens is 528 g/mol. The zero-order valence-electron chi connectivity index (χ0n) is 23.3. The van der Waals surface area contributed by atoms with E-state index in [0.717, 1.165) is 11.1 Å². The van der Waals surface area contributed by atoms with Gasteiger partial charge in [0.15, 0.2) is 18.2 Å². The summed E-state index contributed by atoms with van der Waals surface area (Å²) < 4.78 is 5.08. The third-order valence-corrected chi connectivity index (χ3v) is 7.04. The van der Waals surface area contributed by atoms with Crippen molar-refractivity contribution < 1.29 is 38.6 Å². The van der Waals surface area contributed by atoms with E-state index in [2.05, 4.69) is 10.6 Å². The molecule has 218 valence electrons. The number of carbonyl (C=O) groups excluding carboxylic acids is 5. The summed E-state index contributed by atoms with van der Waals surface area (Å²) in [7, 11) is 0. The minimum Gasteiger partial charge on any atom is -0.481 e. The van der Waals surface area contributed by atoms with Crippen LogP contribution < -0.4 is 10.6 Å². The number of ketones is 2. The van der Waals surface area contributed by atoms with Gasteiger partial charge in [-0.2, -0.15) is 0 Å². The topological polar surface area (TPSA) is 156 Å². The first kappa shape index (κ1) is 31.2. The molecule has 2 amide bonds. The number of carboxylic acid groups (broad SMARTS) is 1. The maximum absolute atomic E-state index is 13.0. The lowest BCUT2D eigenvalue weighted by atomic mass is 9.81. The summed E-state index contributed by atoms with van der Waals surface area (Å²) in [5, 5.41) is 14.4. The first-order valence-corrected chi connectivity index (χ1v) is 13.7. The van der Waals surface area contributed by atoms with Gasteiger partial charge in [0.1, 0.15) is 12.1 Å². The number of amides is 2. The molecule has 3 rings (SSSR count). The minimum atomic E-state index is -1.47. The fraction of sp³-hybridized carbons (Fsp3) is 0.419. The average molecular weight is 565 g/mol. The average Bonchev–Trinajstić information content (AvgIpc) is 2.94. The van der Waals surface area contributed by atoms with E-state index in [1.54, 1.807) is 26.0 Å². The van der Waals surface area contributed by atoms with Crippen molar-refractivity contribution in [2.45, 2.75) is 64.5 Å². The summed E-state index contributed by atoms with van der Waals surface area (Å²) in [5.41, 5.74) is 2.47. The normalized spacial score (nSPS) is 15.8. The van der Waals surface area contributed by atoms with Crippen LogP contribution in [-0.4, -0.2) is 59.1 Å². The van der Waals surface area contributed by atoms with Crippen LogP contribution in [0.4, 0.5) is 0 Å². The van der Waals surface area contributed by atoms with Crippen molar-refractivity contribution in [3.05, 3.63) is 71.3 Å². The molecule has 0 saturated carbocycles. The largest absolute Gasteiger partial charge is 0.481 e. The molecule has 1 aliphatic rings. The van der Waals surface area contributed by atoms with Crippen molar-refractivity contribution in [1.82, 2.24) is 10.6 Å². The van der Waals surface area contributed by atoms with Gasteiger partial charge in [-0.05, 0) is 36.3 Å². The quantitative estimate of drug-likeness (QED) is 0.296. The summed E-state index contributed by atoms with van der Waals surface area (Å²) in [5.74, 6) is -5.07. The Morgan fingerprint density at radius 1 is 0.976 bits per heavy atom. The zero-order valence-corrected chi connectivity index (χ0v) is 23.3. The zero-order chi connectivity index (χ0) is 29.9. The van der Waals surface area contributed by atoms with Crippen LogP contribution in [0.3, 0.4) is 0 Å². The molecule has 0 fully saturated rings. The number of ether oxygens (including phenoxy) is 1. The van der Waals surface area contributed by atoms with Crippen molar-refractivity contribution >= 4 is 35.3 Å². The minimum absolute atomic E-state index is 0.142. The number of aryl methyl sites for hydroxylation is 2. The molecule has 10 nitrogen and oxygen atoms in total. The Kier molecular flexibility index (Phi) is 11.3. The van der Waals surface area contributed by atoms with Crippen LogP contribution in [0.1, 0.15) is 61.0 Å². The lowest BCUT2D eigenvalue weighted by molar-refractivity contribution is -0.150. The van der Waals surface area contributed by atoms with E-state index in [4.69, 9.17) is 4.74 Å². The molecule has 10 heteroatoms. The molecular formula is C31H36N2O8. The molecule has 0 aliphatic heterocycles. The van der Waals surface area contributed by atoms with Gasteiger partial charge in [-0.3, -0.25) is 28.8 Å². The van der Waals surface area contributed by atoms with Crippen molar-refractivity contribution in [2.75, 3.05) is 6.61 Å². The highest BCUT2D eigenvalue weighted by molar-refractivity contribution is 6.02. The second-order valence-electron chi connectivity index (χ2n) is 10.5. The summed E-state index contributed by atoms with van der Waals surface area (Å²) >= 11 is 0. The van der Waals surface area contributed by atoms with Gasteiger partial charge >= 0.3 is 11.9 Å². The molecule has 41 heavy (non-hydrogen) atoms. The molecule has 3 N–H and O–H groups in total. The smallest absolute Gasteiger partial charge is 0.306 e. The summed E-state index contributed by atoms with van der Waals surface area (Å²) in [6.07, 6.45) is 0.801. The molecule has 1 aliphatic carbocycles. The Balaban J connectivity index is 1.54. The van der Waals surface area contributed by atoms with Crippen molar-refractivity contribution in [3.63, 3.8) is 0 Å². The number of fused-ring (bicyclic) bond motifs is 1. The monoisotopic (exact) mass is 564 g/mol. The highest BCUT2D eigenvalue weighted by atomic mass is 16.5. The van der Waals surface area contributed by atoms with E-state index in [-0.39, 0.29) is 30.4 Å². The molecule has 0 bridgehead atoms. The number of hydrogen-bond acceptors (Lipinski definition) is 7. The summed E-state index contributed by atoms with van der Waals surface area (Å²) in [6, 6.07) is 14.1. The van der Waals surface area contributed by atoms with Gasteiger partial charge in [-0.25, -0.2) is 0 Å². The van der Waals surface area contributed by atoms with Gasteiger partial charge in [0.05, 0.1) is 12.8 Å². The van der Waals surface area contributed by atoms with E-state index in [0.29, 0.717) is 24.8 Å². The fourth-order valence-corrected chi connectivity index (χ4v) is 4.73. The molecule has 2 aromatic rings. The predicted octanol–water partition coefficient (Wildman–Crippen LogP) is 2.67. The van der Waals surface area contributed by atoms with Crippen molar-refractivity contribution in [3.8, 4) is 0 Å². The van der Waals surface area contributed by atoms with Crippen LogP contribution in [0.2, 0.25) is 0 Å². The van der Waals surface area contributed by atoms with E-state index in [1.165, 1.54) is 0 Å². The standard InChI is InChI=1S/C31H36N2O8/c1-19(2)29(33-26(35)15-12-20-8-4-3-5-9-20)31(40)32-24(17-27(36)37)25(34)18-41-28(38)16-22-14-13-21-10-6-7-11-23(21)30(22)39/h3-11,19,22,24,29H,12-18H2,1-2H3,(H,32,40)(H,33,35)(H,36,37). The lowest BCUT2D eigenvalue weighted by Gasteiger charge is -2.25. The van der Waals surface area contributed by atoms with Crippen LogP contribution in [0.5, 0.6) is 0 Å². The van der Waals surface area contributed by atoms with Gasteiger partial charge in [0, 0.05) is 17.9 Å². The summed E-state index contributed by atoms with van der Waals surface area (Å²) in [6.45, 7) is 2.66. The molecule has 0 saturated heterocycles. The first-order valence-electron chi connectivity index (χ1n) is 13.7. The number of hydrogen-bond donors (Lipinski definition) is 3. The number of carboxylic acids is 1. The molecule has 0 spiro atoms. The van der Waals surface area contributed by atoms with Gasteiger partial charge in [-0.1, -0.05) is 68.4 Å². The Morgan fingerprint density at radius 3 is 2.34 bits per heavy atom. The third-order valence-electron chi connectivity index (χ3n) is 7.04. The highest BCUT2D eigenvalue weighted by Crippen LogP contribution is 2.27. The van der Waals surface area contributed by atoms with Crippen LogP contribution in [0.15, 0.2) is 54.6 Å². The SMILES string of the molecule is CC(C)C(NC(=O)CCc1ccccc1)C(=O)NC(CC(=O)O)C(=O)COC(=O)CC1CCc2ccccc2C1=O. The predicted molar refractivity (Wildman–Crippen MR) is 149 cm³/mol. The maximum atomic E-state index is 13.0. The van der Waals surface area contributed by atoms with Crippen molar-refractivity contribution in [1.29, 1.82) is 0 Å². The van der Waals surface area contributed by atoms with E-state index in [1.807, 2.05) is 42.5 Å². The Labute approximate surface area is 238 Å². The van der Waals surface area contributed by atoms with Crippen LogP contribution >= 0.6 is 0 Å². The Hall–Kier alpha value is -4.34. The number of benzene rings is 2. The first-order chi connectivity index (χ1) is 19.5. The number of rotatable bonds is 14. The number of aliphatic carboxylic acids is 1. The molecule has 3 atom stereocenters. The van der Waals surface area contributed by atoms with Gasteiger partial charge in [0.2, 0.25) is 11.8 Å². The number of esters is 1. The lowest BCUT2D eigenvalue weighted by Crippen LogP contribution is -2.54. The second kappa shape index (κ2) is 14.9.